The molecule has 2 N–H and O–H groups in total. The van der Waals surface area contributed by atoms with E-state index in [1.807, 2.05) is 30.7 Å². The zero-order valence-electron chi connectivity index (χ0n) is 20.0. The summed E-state index contributed by atoms with van der Waals surface area (Å²) in [7, 11) is 1.66. The first-order chi connectivity index (χ1) is 17.6. The van der Waals surface area contributed by atoms with Crippen molar-refractivity contribution < 1.29 is 32.3 Å². The summed E-state index contributed by atoms with van der Waals surface area (Å²) in [6.07, 6.45) is 0.952. The van der Waals surface area contributed by atoms with Crippen LogP contribution in [0, 0.1) is 11.7 Å². The van der Waals surface area contributed by atoms with Crippen molar-refractivity contribution in [2.75, 3.05) is 25.0 Å². The van der Waals surface area contributed by atoms with Crippen molar-refractivity contribution in [2.24, 2.45) is 5.92 Å². The van der Waals surface area contributed by atoms with E-state index in [9.17, 15) is 22.4 Å². The van der Waals surface area contributed by atoms with Crippen LogP contribution in [-0.4, -0.2) is 52.8 Å². The van der Waals surface area contributed by atoms with Crippen LogP contribution >= 0.6 is 0 Å². The number of likely N-dealkylation sites (N-methyl/N-ethyl adjacent to an activating group) is 1. The van der Waals surface area contributed by atoms with E-state index >= 15 is 0 Å². The number of nitrogens with one attached hydrogen (secondary N) is 1. The Kier molecular flexibility index (Phi) is 7.51. The van der Waals surface area contributed by atoms with Crippen molar-refractivity contribution in [3.63, 3.8) is 0 Å². The van der Waals surface area contributed by atoms with Gasteiger partial charge in [0, 0.05) is 37.0 Å². The van der Waals surface area contributed by atoms with Gasteiger partial charge in [0.15, 0.2) is 0 Å². The maximum absolute atomic E-state index is 14.8. The number of piperidine rings is 1. The first-order valence-electron chi connectivity index (χ1n) is 11.7. The van der Waals surface area contributed by atoms with E-state index in [1.165, 1.54) is 0 Å². The number of fused-ring (bicyclic) bond motifs is 3. The maximum atomic E-state index is 14.8. The predicted molar refractivity (Wildman–Crippen MR) is 129 cm³/mol. The Balaban J connectivity index is 0.000000405. The Morgan fingerprint density at radius 1 is 1.14 bits per heavy atom. The molecular formula is C26H26F4N4O3. The zero-order valence-corrected chi connectivity index (χ0v) is 20.0. The minimum atomic E-state index is -5.08. The zero-order chi connectivity index (χ0) is 26.7. The van der Waals surface area contributed by atoms with E-state index in [0.717, 1.165) is 54.0 Å². The lowest BCUT2D eigenvalue weighted by Gasteiger charge is -2.37. The first kappa shape index (κ1) is 26.2. The number of nitrogens with zero attached hydrogens (tertiary/aromatic N) is 3. The van der Waals surface area contributed by atoms with Gasteiger partial charge >= 0.3 is 12.1 Å². The number of aromatic nitrogens is 2. The topological polar surface area (TPSA) is 87.5 Å². The fraction of sp³-hybridized carbons (Fsp3) is 0.346. The van der Waals surface area contributed by atoms with Gasteiger partial charge in [-0.15, -0.1) is 0 Å². The van der Waals surface area contributed by atoms with Crippen molar-refractivity contribution >= 4 is 17.6 Å². The SMILES string of the molecule is CNC(=O)Cc1cccc(N2CCC(C3c4c(F)cccc4-c4cncn43)CC2)c1.O=C(O)C(F)(F)F. The van der Waals surface area contributed by atoms with Crippen molar-refractivity contribution in [3.8, 4) is 11.3 Å². The molecule has 2 aromatic carbocycles. The van der Waals surface area contributed by atoms with Gasteiger partial charge in [0.2, 0.25) is 5.91 Å². The minimum Gasteiger partial charge on any atom is -0.475 e. The molecule has 1 aromatic heterocycles. The molecule has 7 nitrogen and oxygen atoms in total. The number of hydrogen-bond donors (Lipinski definition) is 2. The molecule has 5 rings (SSSR count). The Morgan fingerprint density at radius 3 is 2.46 bits per heavy atom. The molecule has 1 fully saturated rings. The van der Waals surface area contributed by atoms with E-state index in [2.05, 4.69) is 31.9 Å². The fourth-order valence-corrected chi connectivity index (χ4v) is 5.01. The van der Waals surface area contributed by atoms with Crippen LogP contribution in [0.3, 0.4) is 0 Å². The number of carbonyl (C=O) groups excluding carboxylic acids is 1. The van der Waals surface area contributed by atoms with E-state index in [0.29, 0.717) is 12.3 Å². The quantitative estimate of drug-likeness (QED) is 0.499. The third-order valence-corrected chi connectivity index (χ3v) is 6.74. The lowest BCUT2D eigenvalue weighted by atomic mass is 9.85. The summed E-state index contributed by atoms with van der Waals surface area (Å²) in [5, 5.41) is 9.80. The molecule has 0 radical (unpaired) electrons. The van der Waals surface area contributed by atoms with Gasteiger partial charge in [0.1, 0.15) is 5.82 Å². The molecule has 3 heterocycles. The van der Waals surface area contributed by atoms with Gasteiger partial charge in [0.05, 0.1) is 30.7 Å². The lowest BCUT2D eigenvalue weighted by Crippen LogP contribution is -2.36. The summed E-state index contributed by atoms with van der Waals surface area (Å²) in [5.41, 5.74) is 4.97. The van der Waals surface area contributed by atoms with Crippen molar-refractivity contribution in [1.82, 2.24) is 14.9 Å². The number of carboxylic acids is 1. The minimum absolute atomic E-state index is 0.0143. The average molecular weight is 519 g/mol. The standard InChI is InChI=1S/C24H25FN4O.C2HF3O2/c1-26-22(30)13-16-4-2-5-18(12-16)28-10-8-17(9-11-28)24-23-19(6-3-7-20(23)25)21-14-27-15-29(21)24;3-2(4,5)1(6)7/h2-7,12,14-15,17,24H,8-11,13H2,1H3,(H,26,30);(H,6,7). The second-order valence-electron chi connectivity index (χ2n) is 8.98. The Bertz CT molecular complexity index is 1280. The van der Waals surface area contributed by atoms with Gasteiger partial charge in [0.25, 0.3) is 0 Å². The molecule has 1 saturated heterocycles. The Hall–Kier alpha value is -3.89. The van der Waals surface area contributed by atoms with Crippen LogP contribution in [0.2, 0.25) is 0 Å². The number of carbonyl (C=O) groups is 2. The largest absolute Gasteiger partial charge is 0.490 e. The van der Waals surface area contributed by atoms with Crippen LogP contribution in [0.15, 0.2) is 55.0 Å². The molecule has 2 aliphatic rings. The van der Waals surface area contributed by atoms with Crippen LogP contribution in [0.25, 0.3) is 11.3 Å². The second-order valence-corrected chi connectivity index (χ2v) is 8.98. The molecule has 2 aliphatic heterocycles. The number of hydrogen-bond acceptors (Lipinski definition) is 4. The predicted octanol–water partition coefficient (Wildman–Crippen LogP) is 4.43. The third-order valence-electron chi connectivity index (χ3n) is 6.74. The van der Waals surface area contributed by atoms with Gasteiger partial charge in [-0.3, -0.25) is 4.79 Å². The summed E-state index contributed by atoms with van der Waals surface area (Å²) in [6.45, 7) is 1.83. The molecule has 0 spiro atoms. The van der Waals surface area contributed by atoms with Gasteiger partial charge in [-0.25, -0.2) is 14.2 Å². The molecule has 0 saturated carbocycles. The Morgan fingerprint density at radius 2 is 1.81 bits per heavy atom. The highest BCUT2D eigenvalue weighted by Crippen LogP contribution is 2.46. The van der Waals surface area contributed by atoms with Gasteiger partial charge in [-0.1, -0.05) is 24.3 Å². The second kappa shape index (κ2) is 10.6. The van der Waals surface area contributed by atoms with Crippen molar-refractivity contribution in [3.05, 3.63) is 71.9 Å². The third kappa shape index (κ3) is 5.60. The summed E-state index contributed by atoms with van der Waals surface area (Å²) in [6, 6.07) is 13.6. The number of alkyl halides is 3. The van der Waals surface area contributed by atoms with Crippen LogP contribution in [0.4, 0.5) is 23.2 Å². The van der Waals surface area contributed by atoms with Gasteiger partial charge in [-0.2, -0.15) is 13.2 Å². The number of carboxylic acid groups (broad SMARTS) is 1. The van der Waals surface area contributed by atoms with E-state index in [-0.39, 0.29) is 17.8 Å². The number of anilines is 1. The fourth-order valence-electron chi connectivity index (χ4n) is 5.01. The molecule has 1 atom stereocenters. The molecule has 196 valence electrons. The summed E-state index contributed by atoms with van der Waals surface area (Å²) < 4.78 is 48.7. The van der Waals surface area contributed by atoms with Crippen LogP contribution in [0.1, 0.15) is 30.0 Å². The monoisotopic (exact) mass is 518 g/mol. The number of halogens is 4. The first-order valence-corrected chi connectivity index (χ1v) is 11.7. The summed E-state index contributed by atoms with van der Waals surface area (Å²) in [5.74, 6) is -2.50. The molecule has 0 aliphatic carbocycles. The number of rotatable bonds is 4. The Labute approximate surface area is 210 Å². The molecular weight excluding hydrogens is 492 g/mol. The smallest absolute Gasteiger partial charge is 0.475 e. The molecule has 1 amide bonds. The van der Waals surface area contributed by atoms with Crippen molar-refractivity contribution in [2.45, 2.75) is 31.5 Å². The summed E-state index contributed by atoms with van der Waals surface area (Å²) >= 11 is 0. The summed E-state index contributed by atoms with van der Waals surface area (Å²) in [4.78, 5) is 27.3. The normalized spacial score (nSPS) is 16.9. The number of amides is 1. The van der Waals surface area contributed by atoms with Crippen molar-refractivity contribution in [1.29, 1.82) is 0 Å². The van der Waals surface area contributed by atoms with Gasteiger partial charge < -0.3 is 19.9 Å². The van der Waals surface area contributed by atoms with Crippen LogP contribution in [0.5, 0.6) is 0 Å². The van der Waals surface area contributed by atoms with E-state index in [1.54, 1.807) is 19.2 Å². The van der Waals surface area contributed by atoms with E-state index in [4.69, 9.17) is 9.90 Å². The van der Waals surface area contributed by atoms with Crippen LogP contribution < -0.4 is 10.2 Å². The highest BCUT2D eigenvalue weighted by molar-refractivity contribution is 5.78. The highest BCUT2D eigenvalue weighted by atomic mass is 19.4. The molecule has 11 heteroatoms. The van der Waals surface area contributed by atoms with Gasteiger partial charge in [-0.05, 0) is 42.5 Å². The number of aliphatic carboxylic acids is 1. The number of benzene rings is 2. The van der Waals surface area contributed by atoms with E-state index < -0.39 is 12.1 Å². The molecule has 1 unspecified atom stereocenters. The van der Waals surface area contributed by atoms with Crippen LogP contribution in [-0.2, 0) is 16.0 Å². The molecule has 3 aromatic rings. The molecule has 37 heavy (non-hydrogen) atoms. The highest BCUT2D eigenvalue weighted by Gasteiger charge is 2.39. The average Bonchev–Trinajstić information content (AvgIpc) is 3.46. The molecule has 0 bridgehead atoms. The lowest BCUT2D eigenvalue weighted by molar-refractivity contribution is -0.192. The maximum Gasteiger partial charge on any atom is 0.490 e. The number of imidazole rings is 1.